The zero-order valence-electron chi connectivity index (χ0n) is 14.1. The maximum Gasteiger partial charge on any atom is 0.271 e. The van der Waals surface area contributed by atoms with Crippen LogP contribution in [-0.4, -0.2) is 29.0 Å². The van der Waals surface area contributed by atoms with Crippen LogP contribution in [-0.2, 0) is 6.54 Å². The van der Waals surface area contributed by atoms with Gasteiger partial charge in [-0.05, 0) is 18.4 Å². The van der Waals surface area contributed by atoms with E-state index in [2.05, 4.69) is 27.4 Å². The molecule has 0 bridgehead atoms. The van der Waals surface area contributed by atoms with E-state index in [1.54, 1.807) is 12.4 Å². The van der Waals surface area contributed by atoms with Crippen LogP contribution in [0.4, 0.5) is 5.82 Å². The molecule has 0 saturated heterocycles. The number of hydrogen-bond acceptors (Lipinski definition) is 4. The van der Waals surface area contributed by atoms with Crippen molar-refractivity contribution in [2.24, 2.45) is 0 Å². The number of carbonyl (C=O) groups excluding carboxylic acids is 1. The van der Waals surface area contributed by atoms with Crippen LogP contribution < -0.4 is 10.2 Å². The van der Waals surface area contributed by atoms with Crippen LogP contribution in [0.5, 0.6) is 0 Å². The summed E-state index contributed by atoms with van der Waals surface area (Å²) in [5.41, 5.74) is 1.60. The molecule has 24 heavy (non-hydrogen) atoms. The Bertz CT molecular complexity index is 651. The van der Waals surface area contributed by atoms with Crippen molar-refractivity contribution in [1.29, 1.82) is 0 Å². The first-order chi connectivity index (χ1) is 11.7. The van der Waals surface area contributed by atoms with Crippen molar-refractivity contribution >= 4 is 11.7 Å². The van der Waals surface area contributed by atoms with Crippen LogP contribution in [0.25, 0.3) is 0 Å². The average Bonchev–Trinajstić information content (AvgIpc) is 2.63. The molecule has 5 nitrogen and oxygen atoms in total. The molecule has 1 aromatic carbocycles. The molecule has 0 atom stereocenters. The Morgan fingerprint density at radius 2 is 1.88 bits per heavy atom. The standard InChI is InChI=1S/C19H24N4O/c1-23(14-15-8-4-2-5-9-15)18-13-20-17(12-21-18)19(24)22-16-10-6-3-7-11-16/h2,4-5,8-9,12-13,16H,3,6-7,10-11,14H2,1H3,(H,22,24). The van der Waals surface area contributed by atoms with Gasteiger partial charge in [0.05, 0.1) is 12.4 Å². The normalized spacial score (nSPS) is 15.0. The summed E-state index contributed by atoms with van der Waals surface area (Å²) in [6.45, 7) is 0.753. The van der Waals surface area contributed by atoms with E-state index in [0.717, 1.165) is 25.2 Å². The van der Waals surface area contributed by atoms with Crippen LogP contribution >= 0.6 is 0 Å². The van der Waals surface area contributed by atoms with Gasteiger partial charge in [-0.15, -0.1) is 0 Å². The lowest BCUT2D eigenvalue weighted by Gasteiger charge is -2.22. The molecule has 1 aliphatic rings. The second kappa shape index (κ2) is 7.90. The maximum atomic E-state index is 12.3. The lowest BCUT2D eigenvalue weighted by atomic mass is 9.95. The van der Waals surface area contributed by atoms with Gasteiger partial charge in [-0.2, -0.15) is 0 Å². The Morgan fingerprint density at radius 1 is 1.12 bits per heavy atom. The summed E-state index contributed by atoms with van der Waals surface area (Å²) in [6.07, 6.45) is 9.02. The third-order valence-corrected chi connectivity index (χ3v) is 4.46. The van der Waals surface area contributed by atoms with Crippen LogP contribution in [0.15, 0.2) is 42.7 Å². The second-order valence-corrected chi connectivity index (χ2v) is 6.41. The van der Waals surface area contributed by atoms with Crippen LogP contribution in [0, 0.1) is 0 Å². The van der Waals surface area contributed by atoms with Crippen molar-refractivity contribution < 1.29 is 4.79 Å². The maximum absolute atomic E-state index is 12.3. The molecule has 1 amide bonds. The highest BCUT2D eigenvalue weighted by atomic mass is 16.1. The number of nitrogens with one attached hydrogen (secondary N) is 1. The Morgan fingerprint density at radius 3 is 2.54 bits per heavy atom. The van der Waals surface area contributed by atoms with Gasteiger partial charge in [0.2, 0.25) is 0 Å². The molecule has 126 valence electrons. The number of hydrogen-bond donors (Lipinski definition) is 1. The topological polar surface area (TPSA) is 58.1 Å². The molecule has 0 spiro atoms. The zero-order valence-corrected chi connectivity index (χ0v) is 14.1. The summed E-state index contributed by atoms with van der Waals surface area (Å²) in [7, 11) is 1.97. The zero-order chi connectivity index (χ0) is 16.8. The minimum absolute atomic E-state index is 0.119. The quantitative estimate of drug-likeness (QED) is 0.918. The van der Waals surface area contributed by atoms with E-state index in [0.29, 0.717) is 5.69 Å². The van der Waals surface area contributed by atoms with Gasteiger partial charge >= 0.3 is 0 Å². The Labute approximate surface area is 143 Å². The summed E-state index contributed by atoms with van der Waals surface area (Å²) in [4.78, 5) is 23.0. The molecule has 0 unspecified atom stereocenters. The number of carbonyl (C=O) groups is 1. The largest absolute Gasteiger partial charge is 0.354 e. The number of aromatic nitrogens is 2. The van der Waals surface area contributed by atoms with Crippen molar-refractivity contribution in [3.8, 4) is 0 Å². The first-order valence-corrected chi connectivity index (χ1v) is 8.60. The molecule has 1 aliphatic carbocycles. The number of benzene rings is 1. The van der Waals surface area contributed by atoms with Crippen molar-refractivity contribution in [2.45, 2.75) is 44.7 Å². The van der Waals surface area contributed by atoms with Gasteiger partial charge < -0.3 is 10.2 Å². The van der Waals surface area contributed by atoms with E-state index in [1.165, 1.54) is 24.8 Å². The average molecular weight is 324 g/mol. The van der Waals surface area contributed by atoms with Crippen molar-refractivity contribution in [1.82, 2.24) is 15.3 Å². The highest BCUT2D eigenvalue weighted by Gasteiger charge is 2.17. The first kappa shape index (κ1) is 16.4. The minimum atomic E-state index is -0.119. The predicted molar refractivity (Wildman–Crippen MR) is 94.9 cm³/mol. The van der Waals surface area contributed by atoms with Gasteiger partial charge in [0.15, 0.2) is 0 Å². The number of anilines is 1. The molecule has 0 radical (unpaired) electrons. The number of amides is 1. The predicted octanol–water partition coefficient (Wildman–Crippen LogP) is 3.18. The van der Waals surface area contributed by atoms with E-state index in [-0.39, 0.29) is 11.9 Å². The van der Waals surface area contributed by atoms with Crippen LogP contribution in [0.3, 0.4) is 0 Å². The Hall–Kier alpha value is -2.43. The molecule has 5 heteroatoms. The fourth-order valence-electron chi connectivity index (χ4n) is 3.08. The third-order valence-electron chi connectivity index (χ3n) is 4.46. The van der Waals surface area contributed by atoms with Crippen molar-refractivity contribution in [3.63, 3.8) is 0 Å². The summed E-state index contributed by atoms with van der Waals surface area (Å²) >= 11 is 0. The smallest absolute Gasteiger partial charge is 0.271 e. The third kappa shape index (κ3) is 4.31. The lowest BCUT2D eigenvalue weighted by Crippen LogP contribution is -2.36. The van der Waals surface area contributed by atoms with Gasteiger partial charge in [-0.3, -0.25) is 4.79 Å². The minimum Gasteiger partial charge on any atom is -0.354 e. The summed E-state index contributed by atoms with van der Waals surface area (Å²) in [5.74, 6) is 0.639. The van der Waals surface area contributed by atoms with Crippen molar-refractivity contribution in [3.05, 3.63) is 54.0 Å². The molecule has 1 heterocycles. The molecule has 2 aromatic rings. The fraction of sp³-hybridized carbons (Fsp3) is 0.421. The number of nitrogens with zero attached hydrogens (tertiary/aromatic N) is 3. The molecule has 1 fully saturated rings. The molecule has 1 aromatic heterocycles. The summed E-state index contributed by atoms with van der Waals surface area (Å²) < 4.78 is 0. The molecular weight excluding hydrogens is 300 g/mol. The number of rotatable bonds is 5. The Kier molecular flexibility index (Phi) is 5.41. The highest BCUT2D eigenvalue weighted by Crippen LogP contribution is 2.18. The van der Waals surface area contributed by atoms with E-state index in [1.807, 2.05) is 30.1 Å². The van der Waals surface area contributed by atoms with Crippen LogP contribution in [0.2, 0.25) is 0 Å². The van der Waals surface area contributed by atoms with Gasteiger partial charge in [0.25, 0.3) is 5.91 Å². The highest BCUT2D eigenvalue weighted by molar-refractivity contribution is 5.92. The monoisotopic (exact) mass is 324 g/mol. The van der Waals surface area contributed by atoms with Crippen LogP contribution in [0.1, 0.15) is 48.2 Å². The van der Waals surface area contributed by atoms with E-state index >= 15 is 0 Å². The lowest BCUT2D eigenvalue weighted by molar-refractivity contribution is 0.0922. The summed E-state index contributed by atoms with van der Waals surface area (Å²) in [5, 5.41) is 3.07. The molecule has 0 aliphatic heterocycles. The summed E-state index contributed by atoms with van der Waals surface area (Å²) in [6, 6.07) is 10.5. The van der Waals surface area contributed by atoms with Gasteiger partial charge in [0, 0.05) is 19.6 Å². The van der Waals surface area contributed by atoms with E-state index in [9.17, 15) is 4.79 Å². The molecule has 3 rings (SSSR count). The molecular formula is C19H24N4O. The first-order valence-electron chi connectivity index (χ1n) is 8.60. The molecule has 1 N–H and O–H groups in total. The van der Waals surface area contributed by atoms with Gasteiger partial charge in [0.1, 0.15) is 11.5 Å². The SMILES string of the molecule is CN(Cc1ccccc1)c1cnc(C(=O)NC2CCCCC2)cn1. The van der Waals surface area contributed by atoms with Gasteiger partial charge in [-0.1, -0.05) is 49.6 Å². The fourth-order valence-corrected chi connectivity index (χ4v) is 3.08. The van der Waals surface area contributed by atoms with E-state index < -0.39 is 0 Å². The molecule has 1 saturated carbocycles. The second-order valence-electron chi connectivity index (χ2n) is 6.41. The van der Waals surface area contributed by atoms with Crippen molar-refractivity contribution in [2.75, 3.05) is 11.9 Å². The van der Waals surface area contributed by atoms with Gasteiger partial charge in [-0.25, -0.2) is 9.97 Å². The van der Waals surface area contributed by atoms with E-state index in [4.69, 9.17) is 0 Å². The Balaban J connectivity index is 1.59.